The Hall–Kier alpha value is -1.62. The lowest BCUT2D eigenvalue weighted by atomic mass is 10.0. The Kier molecular flexibility index (Phi) is 3.28. The summed E-state index contributed by atoms with van der Waals surface area (Å²) in [5, 5.41) is 3.57. The molecule has 0 amide bonds. The van der Waals surface area contributed by atoms with E-state index in [1.54, 1.807) is 16.8 Å². The lowest BCUT2D eigenvalue weighted by Crippen LogP contribution is -2.05. The Morgan fingerprint density at radius 3 is 2.35 bits per heavy atom. The van der Waals surface area contributed by atoms with Crippen LogP contribution in [0.25, 0.3) is 0 Å². The molecule has 0 saturated carbocycles. The molecule has 0 bridgehead atoms. The summed E-state index contributed by atoms with van der Waals surface area (Å²) in [5.41, 5.74) is 0.609. The molecule has 2 aromatic rings. The van der Waals surface area contributed by atoms with Crippen LogP contribution in [0.3, 0.4) is 0 Å². The molecule has 0 atom stereocenters. The monoisotopic (exact) mass is 256 g/mol. The summed E-state index contributed by atoms with van der Waals surface area (Å²) in [6.45, 7) is 0. The molecule has 0 aliphatic heterocycles. The highest BCUT2D eigenvalue weighted by Crippen LogP contribution is 2.16. The second-order valence-electron chi connectivity index (χ2n) is 3.49. The minimum atomic E-state index is -1.56. The largest absolute Gasteiger partial charge is 0.294 e. The molecule has 0 spiro atoms. The molecule has 0 N–H and O–H groups in total. The first kappa shape index (κ1) is 11.9. The number of halogens is 3. The van der Waals surface area contributed by atoms with Gasteiger partial charge in [0.1, 0.15) is 0 Å². The second-order valence-corrected chi connectivity index (χ2v) is 4.27. The topological polar surface area (TPSA) is 17.1 Å². The van der Waals surface area contributed by atoms with Gasteiger partial charge in [-0.2, -0.15) is 11.3 Å². The number of thiophene rings is 1. The number of benzene rings is 1. The van der Waals surface area contributed by atoms with Gasteiger partial charge in [0.2, 0.25) is 0 Å². The molecule has 1 nitrogen and oxygen atoms in total. The van der Waals surface area contributed by atoms with Gasteiger partial charge in [0.05, 0.1) is 0 Å². The van der Waals surface area contributed by atoms with Crippen molar-refractivity contribution in [3.63, 3.8) is 0 Å². The Morgan fingerprint density at radius 1 is 1.18 bits per heavy atom. The fraction of sp³-hybridized carbons (Fsp3) is 0.0833. The van der Waals surface area contributed by atoms with Gasteiger partial charge < -0.3 is 0 Å². The maximum absolute atomic E-state index is 12.9. The van der Waals surface area contributed by atoms with Crippen molar-refractivity contribution in [2.75, 3.05) is 0 Å². The molecule has 2 rings (SSSR count). The average molecular weight is 256 g/mol. The maximum Gasteiger partial charge on any atom is 0.194 e. The highest BCUT2D eigenvalue weighted by Gasteiger charge is 2.15. The van der Waals surface area contributed by atoms with Crippen molar-refractivity contribution in [2.45, 2.75) is 6.42 Å². The van der Waals surface area contributed by atoms with Gasteiger partial charge >= 0.3 is 0 Å². The molecule has 0 radical (unpaired) electrons. The first-order valence-electron chi connectivity index (χ1n) is 4.76. The molecule has 1 heterocycles. The zero-order valence-corrected chi connectivity index (χ0v) is 9.36. The molecule has 1 aromatic heterocycles. The van der Waals surface area contributed by atoms with Crippen LogP contribution in [-0.2, 0) is 6.42 Å². The van der Waals surface area contributed by atoms with Gasteiger partial charge in [0.15, 0.2) is 23.2 Å². The van der Waals surface area contributed by atoms with E-state index in [-0.39, 0.29) is 12.0 Å². The summed E-state index contributed by atoms with van der Waals surface area (Å²) in [6, 6.07) is 3.18. The summed E-state index contributed by atoms with van der Waals surface area (Å²) in [4.78, 5) is 11.7. The molecule has 0 aliphatic rings. The maximum atomic E-state index is 12.9. The minimum Gasteiger partial charge on any atom is -0.294 e. The van der Waals surface area contributed by atoms with Crippen molar-refractivity contribution in [1.82, 2.24) is 0 Å². The van der Waals surface area contributed by atoms with Gasteiger partial charge in [-0.25, -0.2) is 13.2 Å². The molecule has 17 heavy (non-hydrogen) atoms. The zero-order chi connectivity index (χ0) is 12.4. The molecule has 1 aromatic carbocycles. The predicted octanol–water partition coefficient (Wildman–Crippen LogP) is 3.59. The fourth-order valence-corrected chi connectivity index (χ4v) is 2.07. The summed E-state index contributed by atoms with van der Waals surface area (Å²) in [6.07, 6.45) is 0.0496. The van der Waals surface area contributed by atoms with E-state index in [0.717, 1.165) is 5.56 Å². The quantitative estimate of drug-likeness (QED) is 0.606. The van der Waals surface area contributed by atoms with E-state index in [2.05, 4.69) is 0 Å². The lowest BCUT2D eigenvalue weighted by molar-refractivity contribution is 0.0992. The third-order valence-corrected chi connectivity index (χ3v) is 2.98. The molecular formula is C12H7F3OS. The average Bonchev–Trinajstić information content (AvgIpc) is 2.77. The van der Waals surface area contributed by atoms with E-state index in [1.165, 1.54) is 11.3 Å². The van der Waals surface area contributed by atoms with Gasteiger partial charge in [-0.3, -0.25) is 4.79 Å². The first-order valence-corrected chi connectivity index (χ1v) is 5.71. The van der Waals surface area contributed by atoms with Crippen LogP contribution in [-0.4, -0.2) is 5.78 Å². The van der Waals surface area contributed by atoms with Gasteiger partial charge in [0, 0.05) is 12.0 Å². The van der Waals surface area contributed by atoms with Crippen LogP contribution in [0.4, 0.5) is 13.2 Å². The molecule has 88 valence electrons. The van der Waals surface area contributed by atoms with Crippen molar-refractivity contribution in [1.29, 1.82) is 0 Å². The molecule has 0 saturated heterocycles. The van der Waals surface area contributed by atoms with Crippen molar-refractivity contribution < 1.29 is 18.0 Å². The van der Waals surface area contributed by atoms with Crippen LogP contribution in [0.1, 0.15) is 15.9 Å². The van der Waals surface area contributed by atoms with Crippen LogP contribution in [0.15, 0.2) is 29.0 Å². The Morgan fingerprint density at radius 2 is 1.82 bits per heavy atom. The third-order valence-electron chi connectivity index (χ3n) is 2.25. The molecule has 5 heteroatoms. The molecule has 0 fully saturated rings. The first-order chi connectivity index (χ1) is 8.08. The second kappa shape index (κ2) is 4.71. The van der Waals surface area contributed by atoms with Crippen molar-refractivity contribution in [2.24, 2.45) is 0 Å². The van der Waals surface area contributed by atoms with Crippen molar-refractivity contribution in [3.8, 4) is 0 Å². The van der Waals surface area contributed by atoms with Crippen molar-refractivity contribution >= 4 is 17.1 Å². The smallest absolute Gasteiger partial charge is 0.194 e. The van der Waals surface area contributed by atoms with Crippen LogP contribution in [0, 0.1) is 17.5 Å². The van der Waals surface area contributed by atoms with Crippen LogP contribution < -0.4 is 0 Å². The SMILES string of the molecule is O=C(Cc1ccsc1)c1cc(F)c(F)c(F)c1. The van der Waals surface area contributed by atoms with E-state index in [1.807, 2.05) is 0 Å². The summed E-state index contributed by atoms with van der Waals surface area (Å²) in [7, 11) is 0. The van der Waals surface area contributed by atoms with Crippen LogP contribution >= 0.6 is 11.3 Å². The lowest BCUT2D eigenvalue weighted by Gasteiger charge is -2.01. The van der Waals surface area contributed by atoms with Gasteiger partial charge in [-0.15, -0.1) is 0 Å². The van der Waals surface area contributed by atoms with Crippen LogP contribution in [0.2, 0.25) is 0 Å². The zero-order valence-electron chi connectivity index (χ0n) is 8.54. The summed E-state index contributed by atoms with van der Waals surface area (Å²) < 4.78 is 38.5. The Bertz CT molecular complexity index is 526. The van der Waals surface area contributed by atoms with E-state index in [4.69, 9.17) is 0 Å². The number of carbonyl (C=O) groups excluding carboxylic acids is 1. The van der Waals surface area contributed by atoms with E-state index in [0.29, 0.717) is 12.1 Å². The predicted molar refractivity (Wildman–Crippen MR) is 58.7 cm³/mol. The number of ketones is 1. The number of hydrogen-bond donors (Lipinski definition) is 0. The number of Topliss-reactive ketones (excluding diaryl/α,β-unsaturated/α-hetero) is 1. The fourth-order valence-electron chi connectivity index (χ4n) is 1.40. The standard InChI is InChI=1S/C12H7F3OS/c13-9-4-8(5-10(14)12(9)15)11(16)3-7-1-2-17-6-7/h1-2,4-6H,3H2. The molecular weight excluding hydrogens is 249 g/mol. The van der Waals surface area contributed by atoms with E-state index in [9.17, 15) is 18.0 Å². The Labute approximate surface area is 99.5 Å². The third kappa shape index (κ3) is 2.55. The normalized spacial score (nSPS) is 10.5. The summed E-state index contributed by atoms with van der Waals surface area (Å²) >= 11 is 1.43. The van der Waals surface area contributed by atoms with Crippen LogP contribution in [0.5, 0.6) is 0 Å². The van der Waals surface area contributed by atoms with E-state index >= 15 is 0 Å². The molecule has 0 unspecified atom stereocenters. The number of rotatable bonds is 3. The van der Waals surface area contributed by atoms with Gasteiger partial charge in [0.25, 0.3) is 0 Å². The van der Waals surface area contributed by atoms with E-state index < -0.39 is 23.2 Å². The molecule has 0 aliphatic carbocycles. The summed E-state index contributed by atoms with van der Waals surface area (Å²) in [5.74, 6) is -4.70. The minimum absolute atomic E-state index is 0.0496. The van der Waals surface area contributed by atoms with Gasteiger partial charge in [-0.05, 0) is 34.5 Å². The number of carbonyl (C=O) groups is 1. The van der Waals surface area contributed by atoms with Gasteiger partial charge in [-0.1, -0.05) is 0 Å². The Balaban J connectivity index is 2.26. The number of hydrogen-bond acceptors (Lipinski definition) is 2. The highest BCUT2D eigenvalue weighted by atomic mass is 32.1. The highest BCUT2D eigenvalue weighted by molar-refractivity contribution is 7.08. The van der Waals surface area contributed by atoms with Crippen molar-refractivity contribution in [3.05, 3.63) is 57.5 Å².